The molecular weight excluding hydrogens is 288 g/mol. The van der Waals surface area contributed by atoms with Gasteiger partial charge in [-0.2, -0.15) is 0 Å². The molecule has 2 aliphatic heterocycles. The van der Waals surface area contributed by atoms with Gasteiger partial charge in [0, 0.05) is 18.8 Å². The second-order valence-corrected chi connectivity index (χ2v) is 6.63. The Morgan fingerprint density at radius 3 is 3.00 bits per heavy atom. The van der Waals surface area contributed by atoms with Gasteiger partial charge in [0.15, 0.2) is 0 Å². The smallest absolute Gasteiger partial charge is 0.269 e. The number of hydrogen-bond acceptors (Lipinski definition) is 4. The summed E-state index contributed by atoms with van der Waals surface area (Å²) in [5.74, 6) is 0.514. The molecule has 1 amide bonds. The highest BCUT2D eigenvalue weighted by Gasteiger charge is 2.24. The Hall–Kier alpha value is -1.46. The van der Waals surface area contributed by atoms with Crippen LogP contribution >= 0.6 is 0 Å². The molecule has 1 aromatic rings. The minimum atomic E-state index is -0.0382. The van der Waals surface area contributed by atoms with Gasteiger partial charge in [0.25, 0.3) is 5.91 Å². The van der Waals surface area contributed by atoms with Gasteiger partial charge in [0.2, 0.25) is 0 Å². The van der Waals surface area contributed by atoms with Crippen molar-refractivity contribution in [3.05, 3.63) is 29.6 Å². The van der Waals surface area contributed by atoms with E-state index in [9.17, 15) is 4.79 Å². The highest BCUT2D eigenvalue weighted by Crippen LogP contribution is 2.25. The van der Waals surface area contributed by atoms with Crippen molar-refractivity contribution in [2.75, 3.05) is 32.7 Å². The van der Waals surface area contributed by atoms with Crippen LogP contribution in [0.3, 0.4) is 0 Å². The van der Waals surface area contributed by atoms with E-state index in [1.165, 1.54) is 18.4 Å². The summed E-state index contributed by atoms with van der Waals surface area (Å²) in [6, 6.07) is 4.52. The van der Waals surface area contributed by atoms with Gasteiger partial charge >= 0.3 is 0 Å². The van der Waals surface area contributed by atoms with Crippen molar-refractivity contribution in [1.29, 1.82) is 0 Å². The second-order valence-electron chi connectivity index (χ2n) is 6.63. The van der Waals surface area contributed by atoms with Gasteiger partial charge in [0.05, 0.1) is 0 Å². The summed E-state index contributed by atoms with van der Waals surface area (Å²) in [4.78, 5) is 19.1. The maximum absolute atomic E-state index is 12.4. The zero-order valence-electron chi connectivity index (χ0n) is 14.1. The van der Waals surface area contributed by atoms with Gasteiger partial charge in [-0.1, -0.05) is 6.92 Å². The molecule has 2 saturated heterocycles. The molecule has 2 aliphatic rings. The lowest BCUT2D eigenvalue weighted by molar-refractivity contribution is 0.0936. The Balaban J connectivity index is 1.58. The summed E-state index contributed by atoms with van der Waals surface area (Å²) in [6.45, 7) is 7.24. The summed E-state index contributed by atoms with van der Waals surface area (Å²) >= 11 is 0. The van der Waals surface area contributed by atoms with Gasteiger partial charge in [-0.15, -0.1) is 0 Å². The van der Waals surface area contributed by atoms with E-state index in [0.717, 1.165) is 45.6 Å². The van der Waals surface area contributed by atoms with Crippen LogP contribution in [0.15, 0.2) is 18.3 Å². The van der Waals surface area contributed by atoms with Crippen LogP contribution in [0.4, 0.5) is 0 Å². The predicted molar refractivity (Wildman–Crippen MR) is 91.7 cm³/mol. The zero-order valence-corrected chi connectivity index (χ0v) is 14.1. The molecule has 126 valence electrons. The van der Waals surface area contributed by atoms with Crippen LogP contribution in [0, 0.1) is 0 Å². The Morgan fingerprint density at radius 2 is 2.22 bits per heavy atom. The standard InChI is InChI=1S/C18H28N4O/c1-2-22-11-3-4-16(22)13-21-18(23)17-12-15(7-10-20-17)14-5-8-19-9-6-14/h7,10,12,14,16,19H,2-6,8-9,11,13H2,1H3,(H,21,23)/t16-/m1/s1. The molecule has 0 aromatic carbocycles. The molecule has 0 spiro atoms. The molecule has 0 bridgehead atoms. The molecule has 0 radical (unpaired) electrons. The maximum atomic E-state index is 12.4. The summed E-state index contributed by atoms with van der Waals surface area (Å²) in [6.07, 6.45) is 6.46. The predicted octanol–water partition coefficient (Wildman–Crippen LogP) is 1.76. The highest BCUT2D eigenvalue weighted by atomic mass is 16.1. The SMILES string of the molecule is CCN1CCC[C@@H]1CNC(=O)c1cc(C2CCNCC2)ccn1. The Labute approximate surface area is 138 Å². The normalized spacial score (nSPS) is 23.1. The van der Waals surface area contributed by atoms with Gasteiger partial charge in [-0.3, -0.25) is 14.7 Å². The number of carbonyl (C=O) groups is 1. The first kappa shape index (κ1) is 16.4. The lowest BCUT2D eigenvalue weighted by Gasteiger charge is -2.24. The van der Waals surface area contributed by atoms with Crippen molar-refractivity contribution in [3.63, 3.8) is 0 Å². The third-order valence-corrected chi connectivity index (χ3v) is 5.23. The topological polar surface area (TPSA) is 57.3 Å². The van der Waals surface area contributed by atoms with Crippen LogP contribution in [-0.2, 0) is 0 Å². The number of piperidine rings is 1. The lowest BCUT2D eigenvalue weighted by Crippen LogP contribution is -2.40. The van der Waals surface area contributed by atoms with Crippen molar-refractivity contribution in [2.45, 2.75) is 44.6 Å². The van der Waals surface area contributed by atoms with Crippen molar-refractivity contribution in [3.8, 4) is 0 Å². The number of amides is 1. The van der Waals surface area contributed by atoms with Gasteiger partial charge in [-0.25, -0.2) is 0 Å². The molecule has 1 atom stereocenters. The molecule has 0 unspecified atom stereocenters. The number of rotatable bonds is 5. The van der Waals surface area contributed by atoms with E-state index >= 15 is 0 Å². The second kappa shape index (κ2) is 7.88. The average Bonchev–Trinajstić information content (AvgIpc) is 3.08. The van der Waals surface area contributed by atoms with Gasteiger partial charge in [0.1, 0.15) is 5.69 Å². The largest absolute Gasteiger partial charge is 0.349 e. The van der Waals surface area contributed by atoms with Crippen molar-refractivity contribution < 1.29 is 4.79 Å². The third-order valence-electron chi connectivity index (χ3n) is 5.23. The molecule has 0 saturated carbocycles. The van der Waals surface area contributed by atoms with Crippen molar-refractivity contribution in [1.82, 2.24) is 20.5 Å². The van der Waals surface area contributed by atoms with E-state index in [0.29, 0.717) is 17.7 Å². The minimum Gasteiger partial charge on any atom is -0.349 e. The Bertz CT molecular complexity index is 528. The molecule has 5 nitrogen and oxygen atoms in total. The zero-order chi connectivity index (χ0) is 16.1. The fraction of sp³-hybridized carbons (Fsp3) is 0.667. The van der Waals surface area contributed by atoms with Crippen LogP contribution in [0.2, 0.25) is 0 Å². The number of carbonyl (C=O) groups excluding carboxylic acids is 1. The molecule has 1 aromatic heterocycles. The molecule has 3 rings (SSSR count). The van der Waals surface area contributed by atoms with Crippen molar-refractivity contribution in [2.24, 2.45) is 0 Å². The average molecular weight is 316 g/mol. The summed E-state index contributed by atoms with van der Waals surface area (Å²) in [7, 11) is 0. The Morgan fingerprint density at radius 1 is 1.39 bits per heavy atom. The molecule has 0 aliphatic carbocycles. The maximum Gasteiger partial charge on any atom is 0.269 e. The van der Waals surface area contributed by atoms with Crippen LogP contribution in [-0.4, -0.2) is 54.6 Å². The Kier molecular flexibility index (Phi) is 5.62. The van der Waals surface area contributed by atoms with E-state index < -0.39 is 0 Å². The molecule has 2 fully saturated rings. The molecule has 3 heterocycles. The van der Waals surface area contributed by atoms with E-state index in [1.807, 2.05) is 6.07 Å². The first-order chi connectivity index (χ1) is 11.3. The molecular formula is C18H28N4O. The number of likely N-dealkylation sites (tertiary alicyclic amines) is 1. The van der Waals surface area contributed by atoms with E-state index in [-0.39, 0.29) is 5.91 Å². The first-order valence-corrected chi connectivity index (χ1v) is 8.97. The first-order valence-electron chi connectivity index (χ1n) is 8.97. The number of pyridine rings is 1. The van der Waals surface area contributed by atoms with Gasteiger partial charge in [-0.05, 0) is 75.5 Å². The van der Waals surface area contributed by atoms with Crippen LogP contribution < -0.4 is 10.6 Å². The molecule has 23 heavy (non-hydrogen) atoms. The number of aromatic nitrogens is 1. The third kappa shape index (κ3) is 4.09. The molecule has 2 N–H and O–H groups in total. The number of nitrogens with one attached hydrogen (secondary N) is 2. The van der Waals surface area contributed by atoms with E-state index in [4.69, 9.17) is 0 Å². The monoisotopic (exact) mass is 316 g/mol. The quantitative estimate of drug-likeness (QED) is 0.869. The fourth-order valence-electron chi connectivity index (χ4n) is 3.82. The van der Waals surface area contributed by atoms with Crippen molar-refractivity contribution >= 4 is 5.91 Å². The number of likely N-dealkylation sites (N-methyl/N-ethyl adjacent to an activating group) is 1. The van der Waals surface area contributed by atoms with E-state index in [1.54, 1.807) is 6.20 Å². The lowest BCUT2D eigenvalue weighted by atomic mass is 9.90. The van der Waals surface area contributed by atoms with E-state index in [2.05, 4.69) is 33.5 Å². The minimum absolute atomic E-state index is 0.0382. The van der Waals surface area contributed by atoms with Crippen LogP contribution in [0.5, 0.6) is 0 Å². The number of hydrogen-bond donors (Lipinski definition) is 2. The van der Waals surface area contributed by atoms with Crippen LogP contribution in [0.25, 0.3) is 0 Å². The van der Waals surface area contributed by atoms with Gasteiger partial charge < -0.3 is 10.6 Å². The summed E-state index contributed by atoms with van der Waals surface area (Å²) in [5.41, 5.74) is 1.81. The van der Waals surface area contributed by atoms with Crippen LogP contribution in [0.1, 0.15) is 54.6 Å². The summed E-state index contributed by atoms with van der Waals surface area (Å²) < 4.78 is 0. The fourth-order valence-corrected chi connectivity index (χ4v) is 3.82. The molecule has 5 heteroatoms. The highest BCUT2D eigenvalue weighted by molar-refractivity contribution is 5.92. The number of nitrogens with zero attached hydrogens (tertiary/aromatic N) is 2. The summed E-state index contributed by atoms with van der Waals surface area (Å²) in [5, 5.41) is 6.46.